The second-order valence-electron chi connectivity index (χ2n) is 17.5. The lowest BCUT2D eigenvalue weighted by atomic mass is 9.62. The number of benzene rings is 2. The number of halogens is 1. The van der Waals surface area contributed by atoms with Crippen molar-refractivity contribution in [3.63, 3.8) is 0 Å². The molecule has 3 fully saturated rings. The maximum absolute atomic E-state index is 13.6. The Morgan fingerprint density at radius 1 is 0.981 bits per heavy atom. The summed E-state index contributed by atoms with van der Waals surface area (Å²) in [5, 5.41) is 12.9. The van der Waals surface area contributed by atoms with Gasteiger partial charge in [0.25, 0.3) is 5.91 Å². The van der Waals surface area contributed by atoms with Gasteiger partial charge in [-0.05, 0) is 149 Å². The zero-order valence-corrected chi connectivity index (χ0v) is 32.5. The summed E-state index contributed by atoms with van der Waals surface area (Å²) < 4.78 is 42.0. The Kier molecular flexibility index (Phi) is 9.88. The van der Waals surface area contributed by atoms with E-state index in [0.29, 0.717) is 49.3 Å². The number of rotatable bonds is 2. The van der Waals surface area contributed by atoms with Crippen molar-refractivity contribution in [3.05, 3.63) is 58.1 Å². The highest BCUT2D eigenvalue weighted by Crippen LogP contribution is 2.50. The van der Waals surface area contributed by atoms with Gasteiger partial charge in [0.05, 0.1) is 29.8 Å². The maximum Gasteiger partial charge on any atom is 0.264 e. The van der Waals surface area contributed by atoms with Gasteiger partial charge in [0, 0.05) is 42.2 Å². The molecule has 6 aliphatic rings. The zero-order valence-electron chi connectivity index (χ0n) is 30.9. The Bertz CT molecular complexity index is 1770. The summed E-state index contributed by atoms with van der Waals surface area (Å²) in [6, 6.07) is 11.6. The van der Waals surface area contributed by atoms with Gasteiger partial charge in [-0.25, -0.2) is 13.1 Å². The molecule has 2 aromatic carbocycles. The van der Waals surface area contributed by atoms with E-state index in [1.807, 2.05) is 25.1 Å². The lowest BCUT2D eigenvalue weighted by molar-refractivity contribution is -0.111. The molecule has 2 bridgehead atoms. The van der Waals surface area contributed by atoms with Crippen LogP contribution in [0.4, 0.5) is 5.69 Å². The number of anilines is 1. The Labute approximate surface area is 314 Å². The van der Waals surface area contributed by atoms with Crippen LogP contribution in [-0.4, -0.2) is 87.7 Å². The monoisotopic (exact) mass is 753 g/mol. The highest BCUT2D eigenvalue weighted by Gasteiger charge is 2.50. The minimum Gasteiger partial charge on any atom is -0.490 e. The Hall–Kier alpha value is -2.37. The van der Waals surface area contributed by atoms with E-state index in [2.05, 4.69) is 26.7 Å². The predicted octanol–water partition coefficient (Wildman–Crippen LogP) is 6.34. The molecule has 2 spiro atoms. The molecule has 1 saturated carbocycles. The number of sulfonamides is 1. The van der Waals surface area contributed by atoms with E-state index in [0.717, 1.165) is 101 Å². The van der Waals surface area contributed by atoms with Gasteiger partial charge in [0.1, 0.15) is 5.75 Å². The van der Waals surface area contributed by atoms with Gasteiger partial charge in [0.2, 0.25) is 10.0 Å². The third-order valence-corrected chi connectivity index (χ3v) is 16.4. The Morgan fingerprint density at radius 2 is 1.81 bits per heavy atom. The van der Waals surface area contributed by atoms with Gasteiger partial charge in [-0.1, -0.05) is 31.0 Å². The fraction of sp³-hybridized carbons (Fsp3) is 0.683. The van der Waals surface area contributed by atoms with Crippen LogP contribution in [0.25, 0.3) is 0 Å². The molecule has 2 saturated heterocycles. The number of carbonyl (C=O) groups is 1. The fourth-order valence-corrected chi connectivity index (χ4v) is 12.1. The SMILES string of the molecule is C[C@@H]1[C@@H](C)CCC[C@@](O)(CN2CCC3(CCOC3)CC2)[C@@H]2CC[C@H]2CN2C[C@@]3(CCCc4cc(Cl)ccc43)COc3ccc(cc32)C(=O)NS1(=O)=O. The van der Waals surface area contributed by atoms with Crippen molar-refractivity contribution in [1.29, 1.82) is 0 Å². The smallest absolute Gasteiger partial charge is 0.264 e. The normalized spacial score (nSPS) is 34.8. The van der Waals surface area contributed by atoms with Crippen molar-refractivity contribution in [2.45, 2.75) is 101 Å². The molecule has 0 aromatic heterocycles. The molecule has 11 heteroatoms. The minimum atomic E-state index is -3.94. The summed E-state index contributed by atoms with van der Waals surface area (Å²) in [4.78, 5) is 18.5. The third-order valence-electron chi connectivity index (χ3n) is 14.3. The molecule has 8 rings (SSSR count). The van der Waals surface area contributed by atoms with Crippen LogP contribution in [-0.2, 0) is 26.6 Å². The number of aryl methyl sites for hydroxylation is 1. The van der Waals surface area contributed by atoms with Crippen LogP contribution in [0.5, 0.6) is 5.75 Å². The van der Waals surface area contributed by atoms with Crippen molar-refractivity contribution in [2.24, 2.45) is 23.2 Å². The quantitative estimate of drug-likeness (QED) is 0.366. The largest absolute Gasteiger partial charge is 0.490 e. The minimum absolute atomic E-state index is 0.120. The molecule has 6 atom stereocenters. The molecule has 0 unspecified atom stereocenters. The summed E-state index contributed by atoms with van der Waals surface area (Å²) in [6.07, 6.45) is 10.3. The number of piperidine rings is 1. The standard InChI is InChI=1S/C41H56ClN3O6S/c1-28-5-3-14-41(47,25-44-18-15-39(16-19-44)17-20-50-26-39)35-10-7-32(35)23-45-24-40(13-4-6-30-21-33(42)9-11-34(30)40)27-51-37-12-8-31(22-36(37)45)38(46)43-52(48,49)29(28)2/h8-9,11-12,21-22,28-29,32,35,47H,3-7,10,13-20,23-27H2,1-2H3,(H,43,46)/t28-,29+,32-,35+,40-,41+/m0/s1. The van der Waals surface area contributed by atoms with Crippen LogP contribution >= 0.6 is 11.6 Å². The van der Waals surface area contributed by atoms with Gasteiger partial charge < -0.3 is 24.4 Å². The third kappa shape index (κ3) is 6.89. The second-order valence-corrected chi connectivity index (χ2v) is 19.9. The molecular formula is C41H56ClN3O6S. The number of aliphatic hydroxyl groups is 1. The first kappa shape index (κ1) is 36.6. The lowest BCUT2D eigenvalue weighted by Crippen LogP contribution is -2.58. The number of ether oxygens (including phenoxy) is 2. The number of carbonyl (C=O) groups excluding carboxylic acids is 1. The first-order valence-electron chi connectivity index (χ1n) is 19.8. The number of hydrogen-bond donors (Lipinski definition) is 2. The van der Waals surface area contributed by atoms with Gasteiger partial charge >= 0.3 is 0 Å². The van der Waals surface area contributed by atoms with Gasteiger partial charge in [-0.15, -0.1) is 0 Å². The average Bonchev–Trinajstić information content (AvgIpc) is 3.50. The van der Waals surface area contributed by atoms with E-state index in [1.54, 1.807) is 13.0 Å². The van der Waals surface area contributed by atoms with E-state index in [1.165, 1.54) is 11.1 Å². The van der Waals surface area contributed by atoms with Gasteiger partial charge in [0.15, 0.2) is 0 Å². The van der Waals surface area contributed by atoms with Crippen LogP contribution in [0.3, 0.4) is 0 Å². The first-order valence-corrected chi connectivity index (χ1v) is 21.7. The fourth-order valence-electron chi connectivity index (χ4n) is 10.6. The van der Waals surface area contributed by atoms with E-state index < -0.39 is 26.8 Å². The number of fused-ring (bicyclic) bond motifs is 4. The number of amides is 1. The second kappa shape index (κ2) is 14.0. The lowest BCUT2D eigenvalue weighted by Gasteiger charge is -2.52. The molecule has 52 heavy (non-hydrogen) atoms. The number of β-amino-alcohol motifs (C(OH)–C–C–N with tert-alkyl or cyclic N) is 1. The van der Waals surface area contributed by atoms with Crippen LogP contribution in [0.2, 0.25) is 5.02 Å². The Balaban J connectivity index is 1.15. The summed E-state index contributed by atoms with van der Waals surface area (Å²) >= 11 is 6.49. The van der Waals surface area contributed by atoms with Gasteiger partial charge in [-0.3, -0.25) is 4.79 Å². The predicted molar refractivity (Wildman–Crippen MR) is 204 cm³/mol. The molecule has 284 valence electrons. The summed E-state index contributed by atoms with van der Waals surface area (Å²) in [7, 11) is -3.94. The molecule has 4 heterocycles. The number of nitrogens with one attached hydrogen (secondary N) is 1. The maximum atomic E-state index is 13.6. The van der Waals surface area contributed by atoms with Crippen molar-refractivity contribution in [1.82, 2.24) is 9.62 Å². The highest BCUT2D eigenvalue weighted by atomic mass is 35.5. The molecule has 4 aliphatic heterocycles. The van der Waals surface area contributed by atoms with E-state index in [-0.39, 0.29) is 23.2 Å². The summed E-state index contributed by atoms with van der Waals surface area (Å²) in [5.41, 5.74) is 2.78. The molecular weight excluding hydrogens is 698 g/mol. The molecule has 9 nitrogen and oxygen atoms in total. The number of hydrogen-bond acceptors (Lipinski definition) is 8. The van der Waals surface area contributed by atoms with Crippen molar-refractivity contribution in [3.8, 4) is 5.75 Å². The summed E-state index contributed by atoms with van der Waals surface area (Å²) in [6.45, 7) is 9.87. The van der Waals surface area contributed by atoms with Crippen molar-refractivity contribution in [2.75, 3.05) is 57.4 Å². The molecule has 1 amide bonds. The van der Waals surface area contributed by atoms with Gasteiger partial charge in [-0.2, -0.15) is 0 Å². The first-order chi connectivity index (χ1) is 24.9. The number of likely N-dealkylation sites (tertiary alicyclic amines) is 1. The van der Waals surface area contributed by atoms with E-state index in [4.69, 9.17) is 21.1 Å². The van der Waals surface area contributed by atoms with Crippen molar-refractivity contribution >= 4 is 33.2 Å². The van der Waals surface area contributed by atoms with Crippen LogP contribution in [0.1, 0.15) is 99.5 Å². The Morgan fingerprint density at radius 3 is 2.56 bits per heavy atom. The molecule has 2 aliphatic carbocycles. The highest BCUT2D eigenvalue weighted by molar-refractivity contribution is 7.90. The average molecular weight is 754 g/mol. The molecule has 0 radical (unpaired) electrons. The van der Waals surface area contributed by atoms with E-state index >= 15 is 0 Å². The molecule has 2 N–H and O–H groups in total. The van der Waals surface area contributed by atoms with Crippen LogP contribution in [0, 0.1) is 23.2 Å². The molecule has 2 aromatic rings. The van der Waals surface area contributed by atoms with E-state index in [9.17, 15) is 18.3 Å². The zero-order chi connectivity index (χ0) is 36.3. The van der Waals surface area contributed by atoms with Crippen LogP contribution < -0.4 is 14.4 Å². The topological polar surface area (TPSA) is 108 Å². The van der Waals surface area contributed by atoms with Crippen LogP contribution in [0.15, 0.2) is 36.4 Å². The summed E-state index contributed by atoms with van der Waals surface area (Å²) in [5.74, 6) is 0.286. The van der Waals surface area contributed by atoms with Crippen molar-refractivity contribution < 1.29 is 27.8 Å². The number of nitrogens with zero attached hydrogens (tertiary/aromatic N) is 2.